The summed E-state index contributed by atoms with van der Waals surface area (Å²) in [5.41, 5.74) is 2.50. The molecule has 4 nitrogen and oxygen atoms in total. The molecule has 0 bridgehead atoms. The first-order chi connectivity index (χ1) is 12.9. The van der Waals surface area contributed by atoms with Crippen LogP contribution < -0.4 is 9.47 Å². The number of hydrogen-bond acceptors (Lipinski definition) is 4. The van der Waals surface area contributed by atoms with Crippen molar-refractivity contribution in [2.24, 2.45) is 5.92 Å². The zero-order chi connectivity index (χ0) is 19.0. The molecule has 144 valence electrons. The van der Waals surface area contributed by atoms with E-state index in [1.165, 1.54) is 30.2 Å². The van der Waals surface area contributed by atoms with Gasteiger partial charge in [-0.1, -0.05) is 31.2 Å². The Labute approximate surface area is 161 Å². The molecular weight excluding hydrogens is 360 g/mol. The maximum absolute atomic E-state index is 11.6. The number of hydrogen-bond donors (Lipinski definition) is 0. The molecule has 0 aromatic heterocycles. The van der Waals surface area contributed by atoms with Crippen LogP contribution in [0.2, 0.25) is 0 Å². The minimum Gasteiger partial charge on any atom is -0.454 e. The predicted octanol–water partition coefficient (Wildman–Crippen LogP) is 4.90. The standard InChI is InChI=1S/C22H26O4S/c1-15(20-4-3-5-21-22(20)26-14-25-21)12-16-6-7-18(13-16)17-8-10-19(11-9-17)27(2,23)24/h3-5,8-11,15-16,18H,6-7,12-14H2,1-2H3/t15-,16?,18-/m0/s1. The summed E-state index contributed by atoms with van der Waals surface area (Å²) in [7, 11) is -3.13. The van der Waals surface area contributed by atoms with Crippen LogP contribution in [0.15, 0.2) is 47.4 Å². The van der Waals surface area contributed by atoms with E-state index in [2.05, 4.69) is 13.0 Å². The maximum atomic E-state index is 11.6. The second kappa shape index (κ2) is 7.19. The van der Waals surface area contributed by atoms with Crippen LogP contribution in [0.1, 0.15) is 55.6 Å². The molecule has 0 amide bonds. The van der Waals surface area contributed by atoms with E-state index < -0.39 is 9.84 Å². The minimum atomic E-state index is -3.13. The van der Waals surface area contributed by atoms with Gasteiger partial charge in [0.25, 0.3) is 0 Å². The van der Waals surface area contributed by atoms with Crippen molar-refractivity contribution < 1.29 is 17.9 Å². The lowest BCUT2D eigenvalue weighted by molar-refractivity contribution is 0.173. The summed E-state index contributed by atoms with van der Waals surface area (Å²) in [6.45, 7) is 2.58. The fourth-order valence-electron chi connectivity index (χ4n) is 4.55. The highest BCUT2D eigenvalue weighted by molar-refractivity contribution is 7.90. The molecule has 1 aliphatic heterocycles. The number of sulfone groups is 1. The molecular formula is C22H26O4S. The lowest BCUT2D eigenvalue weighted by atomic mass is 9.87. The summed E-state index contributed by atoms with van der Waals surface area (Å²) < 4.78 is 34.4. The number of ether oxygens (including phenoxy) is 2. The van der Waals surface area contributed by atoms with Crippen molar-refractivity contribution in [3.8, 4) is 11.5 Å². The smallest absolute Gasteiger partial charge is 0.231 e. The third-order valence-corrected chi connectivity index (χ3v) is 7.09. The third-order valence-electron chi connectivity index (χ3n) is 5.97. The van der Waals surface area contributed by atoms with Crippen molar-refractivity contribution in [2.45, 2.75) is 49.3 Å². The molecule has 0 radical (unpaired) electrons. The van der Waals surface area contributed by atoms with E-state index in [0.29, 0.717) is 29.4 Å². The van der Waals surface area contributed by atoms with Crippen LogP contribution in [0.5, 0.6) is 11.5 Å². The third kappa shape index (κ3) is 3.84. The SMILES string of the molecule is C[C@@H](CC1CC[C@H](c2ccc(S(C)(=O)=O)cc2)C1)c1cccc2c1OCO2. The molecule has 2 aliphatic rings. The Balaban J connectivity index is 1.41. The largest absolute Gasteiger partial charge is 0.454 e. The summed E-state index contributed by atoms with van der Waals surface area (Å²) in [5, 5.41) is 0. The lowest BCUT2D eigenvalue weighted by Crippen LogP contribution is -2.04. The first kappa shape index (κ1) is 18.4. The van der Waals surface area contributed by atoms with Gasteiger partial charge in [0.2, 0.25) is 6.79 Å². The van der Waals surface area contributed by atoms with Crippen LogP contribution in [-0.4, -0.2) is 21.5 Å². The number of rotatable bonds is 5. The fourth-order valence-corrected chi connectivity index (χ4v) is 5.18. The monoisotopic (exact) mass is 386 g/mol. The van der Waals surface area contributed by atoms with Gasteiger partial charge in [0.1, 0.15) is 0 Å². The molecule has 4 rings (SSSR count). The second-order valence-corrected chi connectivity index (χ2v) is 9.95. The molecule has 0 spiro atoms. The van der Waals surface area contributed by atoms with Crippen molar-refractivity contribution in [2.75, 3.05) is 13.0 Å². The molecule has 1 saturated carbocycles. The van der Waals surface area contributed by atoms with Gasteiger partial charge in [-0.25, -0.2) is 8.42 Å². The van der Waals surface area contributed by atoms with E-state index in [-0.39, 0.29) is 0 Å². The Morgan fingerprint density at radius 1 is 1.07 bits per heavy atom. The molecule has 1 heterocycles. The Morgan fingerprint density at radius 3 is 2.59 bits per heavy atom. The average molecular weight is 387 g/mol. The highest BCUT2D eigenvalue weighted by Gasteiger charge is 2.29. The zero-order valence-corrected chi connectivity index (χ0v) is 16.7. The van der Waals surface area contributed by atoms with Crippen LogP contribution in [0.4, 0.5) is 0 Å². The highest BCUT2D eigenvalue weighted by atomic mass is 32.2. The van der Waals surface area contributed by atoms with Crippen molar-refractivity contribution in [1.82, 2.24) is 0 Å². The molecule has 27 heavy (non-hydrogen) atoms. The van der Waals surface area contributed by atoms with Gasteiger partial charge in [-0.2, -0.15) is 0 Å². The summed E-state index contributed by atoms with van der Waals surface area (Å²) >= 11 is 0. The van der Waals surface area contributed by atoms with Gasteiger partial charge in [-0.05, 0) is 67.2 Å². The van der Waals surface area contributed by atoms with Gasteiger partial charge in [-0.15, -0.1) is 0 Å². The molecule has 0 saturated heterocycles. The van der Waals surface area contributed by atoms with Crippen LogP contribution in [-0.2, 0) is 9.84 Å². The van der Waals surface area contributed by atoms with E-state index in [1.807, 2.05) is 24.3 Å². The number of fused-ring (bicyclic) bond motifs is 1. The maximum Gasteiger partial charge on any atom is 0.231 e. The summed E-state index contributed by atoms with van der Waals surface area (Å²) in [6.07, 6.45) is 5.94. The van der Waals surface area contributed by atoms with Gasteiger partial charge >= 0.3 is 0 Å². The quantitative estimate of drug-likeness (QED) is 0.734. The molecule has 1 aliphatic carbocycles. The summed E-state index contributed by atoms with van der Waals surface area (Å²) in [4.78, 5) is 0.398. The van der Waals surface area contributed by atoms with Crippen molar-refractivity contribution in [3.05, 3.63) is 53.6 Å². The van der Waals surface area contributed by atoms with Crippen molar-refractivity contribution in [3.63, 3.8) is 0 Å². The Bertz CT molecular complexity index is 918. The summed E-state index contributed by atoms with van der Waals surface area (Å²) in [5.74, 6) is 3.40. The Morgan fingerprint density at radius 2 is 1.85 bits per heavy atom. The van der Waals surface area contributed by atoms with Crippen molar-refractivity contribution in [1.29, 1.82) is 0 Å². The van der Waals surface area contributed by atoms with E-state index in [0.717, 1.165) is 24.3 Å². The first-order valence-corrected chi connectivity index (χ1v) is 11.5. The molecule has 2 aromatic carbocycles. The summed E-state index contributed by atoms with van der Waals surface area (Å²) in [6, 6.07) is 13.6. The molecule has 5 heteroatoms. The van der Waals surface area contributed by atoms with Gasteiger partial charge in [0, 0.05) is 11.8 Å². The topological polar surface area (TPSA) is 52.6 Å². The molecule has 2 aromatic rings. The average Bonchev–Trinajstić information content (AvgIpc) is 3.30. The van der Waals surface area contributed by atoms with Gasteiger partial charge in [0.05, 0.1) is 4.90 Å². The van der Waals surface area contributed by atoms with Crippen LogP contribution in [0.25, 0.3) is 0 Å². The first-order valence-electron chi connectivity index (χ1n) is 9.60. The highest BCUT2D eigenvalue weighted by Crippen LogP contribution is 2.45. The number of para-hydroxylation sites is 1. The fraction of sp³-hybridized carbons (Fsp3) is 0.455. The second-order valence-electron chi connectivity index (χ2n) is 7.93. The van der Waals surface area contributed by atoms with Gasteiger partial charge < -0.3 is 9.47 Å². The van der Waals surface area contributed by atoms with E-state index >= 15 is 0 Å². The Hall–Kier alpha value is -2.01. The van der Waals surface area contributed by atoms with Crippen LogP contribution in [0.3, 0.4) is 0 Å². The molecule has 3 atom stereocenters. The van der Waals surface area contributed by atoms with Crippen LogP contribution in [0, 0.1) is 5.92 Å². The lowest BCUT2D eigenvalue weighted by Gasteiger charge is -2.19. The Kier molecular flexibility index (Phi) is 4.89. The molecule has 0 N–H and O–H groups in total. The van der Waals surface area contributed by atoms with E-state index in [1.54, 1.807) is 12.1 Å². The number of benzene rings is 2. The minimum absolute atomic E-state index is 0.314. The van der Waals surface area contributed by atoms with Gasteiger partial charge in [-0.3, -0.25) is 0 Å². The van der Waals surface area contributed by atoms with Gasteiger partial charge in [0.15, 0.2) is 21.3 Å². The van der Waals surface area contributed by atoms with E-state index in [4.69, 9.17) is 9.47 Å². The molecule has 1 fully saturated rings. The van der Waals surface area contributed by atoms with Crippen molar-refractivity contribution >= 4 is 9.84 Å². The normalized spacial score (nSPS) is 22.7. The molecule has 1 unspecified atom stereocenters. The van der Waals surface area contributed by atoms with E-state index in [9.17, 15) is 8.42 Å². The predicted molar refractivity (Wildman–Crippen MR) is 105 cm³/mol. The zero-order valence-electron chi connectivity index (χ0n) is 15.9. The van der Waals surface area contributed by atoms with Crippen LogP contribution >= 0.6 is 0 Å².